The van der Waals surface area contributed by atoms with Crippen molar-refractivity contribution < 1.29 is 4.74 Å². The number of methoxy groups -OCH3 is 1. The van der Waals surface area contributed by atoms with Gasteiger partial charge in [0.05, 0.1) is 30.0 Å². The Bertz CT molecular complexity index is 1330. The van der Waals surface area contributed by atoms with Crippen molar-refractivity contribution in [1.29, 1.82) is 0 Å². The standard InChI is InChI=1S/C25H17BrN2O/c1-29-19-12-8-16(9-13-19)21-14-23(17-6-10-18(26)11-7-17)28-24-15-27-22-5-3-2-4-20(22)25(21)24/h2-15H,1H3. The summed E-state index contributed by atoms with van der Waals surface area (Å²) >= 11 is 3.51. The number of fused-ring (bicyclic) bond motifs is 3. The number of benzene rings is 3. The molecule has 0 N–H and O–H groups in total. The highest BCUT2D eigenvalue weighted by Crippen LogP contribution is 2.36. The average Bonchev–Trinajstić information content (AvgIpc) is 2.78. The number of hydrogen-bond acceptors (Lipinski definition) is 3. The van der Waals surface area contributed by atoms with Gasteiger partial charge in [0.1, 0.15) is 5.75 Å². The summed E-state index contributed by atoms with van der Waals surface area (Å²) in [4.78, 5) is 9.57. The molecule has 0 saturated heterocycles. The van der Waals surface area contributed by atoms with Crippen LogP contribution in [0.25, 0.3) is 44.2 Å². The van der Waals surface area contributed by atoms with Crippen molar-refractivity contribution in [3.05, 3.63) is 89.5 Å². The van der Waals surface area contributed by atoms with Gasteiger partial charge in [0.15, 0.2) is 0 Å². The third-order valence-electron chi connectivity index (χ3n) is 5.09. The topological polar surface area (TPSA) is 35.0 Å². The Morgan fingerprint density at radius 2 is 1.52 bits per heavy atom. The largest absolute Gasteiger partial charge is 0.497 e. The number of pyridine rings is 2. The Morgan fingerprint density at radius 1 is 0.793 bits per heavy atom. The maximum Gasteiger partial charge on any atom is 0.118 e. The van der Waals surface area contributed by atoms with E-state index in [1.807, 2.05) is 48.7 Å². The van der Waals surface area contributed by atoms with E-state index in [9.17, 15) is 0 Å². The molecule has 0 aliphatic heterocycles. The Hall–Kier alpha value is -3.24. The van der Waals surface area contributed by atoms with Crippen LogP contribution in [0.4, 0.5) is 0 Å². The first kappa shape index (κ1) is 17.8. The zero-order valence-corrected chi connectivity index (χ0v) is 17.3. The van der Waals surface area contributed by atoms with E-state index in [0.717, 1.165) is 54.4 Å². The SMILES string of the molecule is COc1ccc(-c2cc(-c3ccc(Br)cc3)nc3cnc4ccccc4c23)cc1. The van der Waals surface area contributed by atoms with Crippen molar-refractivity contribution >= 4 is 37.7 Å². The molecule has 0 unspecified atom stereocenters. The summed E-state index contributed by atoms with van der Waals surface area (Å²) in [5, 5.41) is 2.22. The number of halogens is 1. The van der Waals surface area contributed by atoms with Crippen molar-refractivity contribution in [2.24, 2.45) is 0 Å². The lowest BCUT2D eigenvalue weighted by Gasteiger charge is -2.13. The molecule has 3 nitrogen and oxygen atoms in total. The summed E-state index contributed by atoms with van der Waals surface area (Å²) in [6, 6.07) is 26.8. The summed E-state index contributed by atoms with van der Waals surface area (Å²) in [5.74, 6) is 0.840. The minimum absolute atomic E-state index is 0.840. The summed E-state index contributed by atoms with van der Waals surface area (Å²) < 4.78 is 6.39. The van der Waals surface area contributed by atoms with Crippen LogP contribution >= 0.6 is 15.9 Å². The van der Waals surface area contributed by atoms with E-state index in [2.05, 4.69) is 57.3 Å². The van der Waals surface area contributed by atoms with Gasteiger partial charge in [-0.25, -0.2) is 4.98 Å². The second kappa shape index (κ2) is 7.30. The van der Waals surface area contributed by atoms with Crippen LogP contribution in [0.15, 0.2) is 89.5 Å². The third kappa shape index (κ3) is 3.26. The van der Waals surface area contributed by atoms with Gasteiger partial charge in [0.25, 0.3) is 0 Å². The molecule has 2 heterocycles. The fourth-order valence-corrected chi connectivity index (χ4v) is 3.90. The van der Waals surface area contributed by atoms with Gasteiger partial charge in [0.2, 0.25) is 0 Å². The molecule has 4 heteroatoms. The minimum Gasteiger partial charge on any atom is -0.497 e. The molecule has 0 aliphatic carbocycles. The first-order chi connectivity index (χ1) is 14.2. The van der Waals surface area contributed by atoms with Gasteiger partial charge in [-0.3, -0.25) is 4.98 Å². The molecule has 0 spiro atoms. The fourth-order valence-electron chi connectivity index (χ4n) is 3.64. The van der Waals surface area contributed by atoms with E-state index in [4.69, 9.17) is 9.72 Å². The lowest BCUT2D eigenvalue weighted by Crippen LogP contribution is -1.93. The summed E-state index contributed by atoms with van der Waals surface area (Å²) in [6.45, 7) is 0. The second-order valence-electron chi connectivity index (χ2n) is 6.83. The number of hydrogen-bond donors (Lipinski definition) is 0. The van der Waals surface area contributed by atoms with Gasteiger partial charge in [-0.05, 0) is 47.5 Å². The zero-order chi connectivity index (χ0) is 19.8. The second-order valence-corrected chi connectivity index (χ2v) is 7.74. The van der Waals surface area contributed by atoms with Crippen LogP contribution in [0, 0.1) is 0 Å². The molecule has 140 valence electrons. The van der Waals surface area contributed by atoms with Crippen molar-refractivity contribution in [3.8, 4) is 28.1 Å². The van der Waals surface area contributed by atoms with Gasteiger partial charge in [-0.1, -0.05) is 58.4 Å². The molecule has 5 aromatic rings. The average molecular weight is 441 g/mol. The predicted octanol–water partition coefficient (Wildman–Crippen LogP) is 6.89. The monoisotopic (exact) mass is 440 g/mol. The fraction of sp³-hybridized carbons (Fsp3) is 0.0400. The molecular weight excluding hydrogens is 424 g/mol. The number of ether oxygens (including phenoxy) is 1. The van der Waals surface area contributed by atoms with E-state index in [1.165, 1.54) is 0 Å². The molecule has 29 heavy (non-hydrogen) atoms. The molecule has 0 radical (unpaired) electrons. The molecule has 0 amide bonds. The summed E-state index contributed by atoms with van der Waals surface area (Å²) in [7, 11) is 1.68. The zero-order valence-electron chi connectivity index (χ0n) is 15.8. The number of para-hydroxylation sites is 1. The molecular formula is C25H17BrN2O. The van der Waals surface area contributed by atoms with Gasteiger partial charge < -0.3 is 4.74 Å². The molecule has 0 bridgehead atoms. The molecule has 2 aromatic heterocycles. The van der Waals surface area contributed by atoms with Crippen molar-refractivity contribution in [2.45, 2.75) is 0 Å². The van der Waals surface area contributed by atoms with Crippen LogP contribution in [0.5, 0.6) is 5.75 Å². The number of nitrogens with zero attached hydrogens (tertiary/aromatic N) is 2. The normalized spacial score (nSPS) is 11.1. The molecule has 0 saturated carbocycles. The van der Waals surface area contributed by atoms with Crippen LogP contribution in [0.2, 0.25) is 0 Å². The van der Waals surface area contributed by atoms with Gasteiger partial charge in [0, 0.05) is 20.8 Å². The highest BCUT2D eigenvalue weighted by Gasteiger charge is 2.13. The maximum atomic E-state index is 5.34. The number of aromatic nitrogens is 2. The van der Waals surface area contributed by atoms with E-state index in [0.29, 0.717) is 0 Å². The third-order valence-corrected chi connectivity index (χ3v) is 5.62. The van der Waals surface area contributed by atoms with Crippen molar-refractivity contribution in [2.75, 3.05) is 7.11 Å². The van der Waals surface area contributed by atoms with Gasteiger partial charge in [-0.15, -0.1) is 0 Å². The van der Waals surface area contributed by atoms with E-state index < -0.39 is 0 Å². The Morgan fingerprint density at radius 3 is 2.28 bits per heavy atom. The van der Waals surface area contributed by atoms with Crippen LogP contribution in [-0.2, 0) is 0 Å². The smallest absolute Gasteiger partial charge is 0.118 e. The molecule has 0 atom stereocenters. The lowest BCUT2D eigenvalue weighted by molar-refractivity contribution is 0.415. The van der Waals surface area contributed by atoms with Crippen LogP contribution in [0.3, 0.4) is 0 Å². The van der Waals surface area contributed by atoms with Crippen LogP contribution in [0.1, 0.15) is 0 Å². The first-order valence-electron chi connectivity index (χ1n) is 9.32. The molecule has 3 aromatic carbocycles. The Kier molecular flexibility index (Phi) is 4.49. The summed E-state index contributed by atoms with van der Waals surface area (Å²) in [5.41, 5.74) is 6.09. The maximum absolute atomic E-state index is 5.34. The summed E-state index contributed by atoms with van der Waals surface area (Å²) in [6.07, 6.45) is 1.87. The quantitative estimate of drug-likeness (QED) is 0.286. The van der Waals surface area contributed by atoms with Crippen molar-refractivity contribution in [3.63, 3.8) is 0 Å². The van der Waals surface area contributed by atoms with Crippen LogP contribution < -0.4 is 4.74 Å². The van der Waals surface area contributed by atoms with E-state index in [-0.39, 0.29) is 0 Å². The molecule has 0 fully saturated rings. The molecule has 5 rings (SSSR count). The lowest BCUT2D eigenvalue weighted by atomic mass is 9.96. The van der Waals surface area contributed by atoms with Gasteiger partial charge in [-0.2, -0.15) is 0 Å². The highest BCUT2D eigenvalue weighted by molar-refractivity contribution is 9.10. The molecule has 0 aliphatic rings. The van der Waals surface area contributed by atoms with Crippen molar-refractivity contribution in [1.82, 2.24) is 9.97 Å². The first-order valence-corrected chi connectivity index (χ1v) is 10.1. The minimum atomic E-state index is 0.840. The van der Waals surface area contributed by atoms with Crippen LogP contribution in [-0.4, -0.2) is 17.1 Å². The van der Waals surface area contributed by atoms with E-state index in [1.54, 1.807) is 7.11 Å². The highest BCUT2D eigenvalue weighted by atomic mass is 79.9. The Labute approximate surface area is 177 Å². The number of rotatable bonds is 3. The van der Waals surface area contributed by atoms with Gasteiger partial charge >= 0.3 is 0 Å². The Balaban J connectivity index is 1.84. The van der Waals surface area contributed by atoms with E-state index >= 15 is 0 Å². The predicted molar refractivity (Wildman–Crippen MR) is 122 cm³/mol.